The second kappa shape index (κ2) is 6.18. The second-order valence-electron chi connectivity index (χ2n) is 4.53. The average Bonchev–Trinajstić information content (AvgIpc) is 2.42. The maximum absolute atomic E-state index is 12.0. The van der Waals surface area contributed by atoms with Gasteiger partial charge in [0.05, 0.1) is 0 Å². The number of hydrogen-bond acceptors (Lipinski definition) is 3. The molecule has 0 radical (unpaired) electrons. The highest BCUT2D eigenvalue weighted by molar-refractivity contribution is 6.07. The van der Waals surface area contributed by atoms with Crippen molar-refractivity contribution < 1.29 is 14.3 Å². The molecule has 1 amide bonds. The molecule has 2 rings (SSSR count). The summed E-state index contributed by atoms with van der Waals surface area (Å²) in [5, 5.41) is 2.74. The molecule has 1 aliphatic rings. The highest BCUT2D eigenvalue weighted by atomic mass is 16.5. The first kappa shape index (κ1) is 13.3. The van der Waals surface area contributed by atoms with E-state index in [4.69, 9.17) is 4.74 Å². The lowest BCUT2D eigenvalue weighted by Crippen LogP contribution is -2.61. The van der Waals surface area contributed by atoms with Crippen molar-refractivity contribution in [2.45, 2.75) is 18.9 Å². The molecule has 0 spiro atoms. The Hall–Kier alpha value is -2.10. The smallest absolute Gasteiger partial charge is 0.233 e. The molecule has 19 heavy (non-hydrogen) atoms. The number of amides is 1. The van der Waals surface area contributed by atoms with Crippen molar-refractivity contribution in [2.75, 3.05) is 6.61 Å². The predicted octanol–water partition coefficient (Wildman–Crippen LogP) is 1.72. The van der Waals surface area contributed by atoms with E-state index in [9.17, 15) is 9.59 Å². The SMILES string of the molecule is C=CCC[C@H]1NC(=O)[C@H]1C(=O)COc1ccccc1. The van der Waals surface area contributed by atoms with E-state index in [1.54, 1.807) is 18.2 Å². The van der Waals surface area contributed by atoms with Gasteiger partial charge in [0, 0.05) is 6.04 Å². The fourth-order valence-electron chi connectivity index (χ4n) is 2.11. The van der Waals surface area contributed by atoms with E-state index in [0.29, 0.717) is 5.75 Å². The molecule has 4 heteroatoms. The Labute approximate surface area is 112 Å². The van der Waals surface area contributed by atoms with Crippen molar-refractivity contribution >= 4 is 11.7 Å². The van der Waals surface area contributed by atoms with Crippen LogP contribution in [-0.2, 0) is 9.59 Å². The van der Waals surface area contributed by atoms with Gasteiger partial charge in [-0.1, -0.05) is 24.3 Å². The van der Waals surface area contributed by atoms with Gasteiger partial charge >= 0.3 is 0 Å². The third-order valence-electron chi connectivity index (χ3n) is 3.17. The van der Waals surface area contributed by atoms with Crippen LogP contribution in [-0.4, -0.2) is 24.3 Å². The number of ether oxygens (including phenoxy) is 1. The molecule has 1 aliphatic heterocycles. The number of rotatable bonds is 7. The minimum atomic E-state index is -0.566. The molecule has 0 aliphatic carbocycles. The summed E-state index contributed by atoms with van der Waals surface area (Å²) in [5.74, 6) is -0.292. The van der Waals surface area contributed by atoms with Crippen LogP contribution in [0.25, 0.3) is 0 Å². The zero-order chi connectivity index (χ0) is 13.7. The van der Waals surface area contributed by atoms with Crippen LogP contribution in [0.5, 0.6) is 5.75 Å². The summed E-state index contributed by atoms with van der Waals surface area (Å²) in [5.41, 5.74) is 0. The van der Waals surface area contributed by atoms with E-state index in [0.717, 1.165) is 12.8 Å². The Morgan fingerprint density at radius 3 is 2.74 bits per heavy atom. The van der Waals surface area contributed by atoms with Gasteiger partial charge in [0.15, 0.2) is 5.78 Å². The largest absolute Gasteiger partial charge is 0.486 e. The van der Waals surface area contributed by atoms with Gasteiger partial charge in [0.25, 0.3) is 0 Å². The molecule has 1 heterocycles. The molecule has 1 saturated heterocycles. The number of allylic oxidation sites excluding steroid dienone is 1. The number of benzene rings is 1. The summed E-state index contributed by atoms with van der Waals surface area (Å²) >= 11 is 0. The third-order valence-corrected chi connectivity index (χ3v) is 3.17. The first-order chi connectivity index (χ1) is 9.22. The molecule has 1 aromatic carbocycles. The molecule has 0 saturated carbocycles. The minimum absolute atomic E-state index is 0.0628. The van der Waals surface area contributed by atoms with Crippen LogP contribution in [0.4, 0.5) is 0 Å². The quantitative estimate of drug-likeness (QED) is 0.461. The first-order valence-electron chi connectivity index (χ1n) is 6.34. The topological polar surface area (TPSA) is 55.4 Å². The zero-order valence-corrected chi connectivity index (χ0v) is 10.7. The second-order valence-corrected chi connectivity index (χ2v) is 4.53. The highest BCUT2D eigenvalue weighted by Crippen LogP contribution is 2.21. The normalized spacial score (nSPS) is 21.2. The molecule has 2 atom stereocenters. The number of carbonyl (C=O) groups is 2. The number of nitrogens with one attached hydrogen (secondary N) is 1. The lowest BCUT2D eigenvalue weighted by atomic mass is 9.84. The van der Waals surface area contributed by atoms with Crippen LogP contribution in [0, 0.1) is 5.92 Å². The van der Waals surface area contributed by atoms with Gasteiger partial charge < -0.3 is 10.1 Å². The van der Waals surface area contributed by atoms with Crippen molar-refractivity contribution in [1.82, 2.24) is 5.32 Å². The van der Waals surface area contributed by atoms with Crippen LogP contribution < -0.4 is 10.1 Å². The summed E-state index contributed by atoms with van der Waals surface area (Å²) in [7, 11) is 0. The monoisotopic (exact) mass is 259 g/mol. The minimum Gasteiger partial charge on any atom is -0.486 e. The summed E-state index contributed by atoms with van der Waals surface area (Å²) in [6, 6.07) is 9.04. The molecule has 1 aromatic rings. The van der Waals surface area contributed by atoms with E-state index in [1.165, 1.54) is 0 Å². The molecular formula is C15H17NO3. The average molecular weight is 259 g/mol. The summed E-state index contributed by atoms with van der Waals surface area (Å²) in [6.07, 6.45) is 3.32. The van der Waals surface area contributed by atoms with Crippen molar-refractivity contribution in [3.63, 3.8) is 0 Å². The Balaban J connectivity index is 1.85. The van der Waals surface area contributed by atoms with E-state index in [-0.39, 0.29) is 24.3 Å². The fourth-order valence-corrected chi connectivity index (χ4v) is 2.11. The molecular weight excluding hydrogens is 242 g/mol. The van der Waals surface area contributed by atoms with E-state index >= 15 is 0 Å². The van der Waals surface area contributed by atoms with Gasteiger partial charge in [-0.15, -0.1) is 6.58 Å². The number of para-hydroxylation sites is 1. The first-order valence-corrected chi connectivity index (χ1v) is 6.34. The molecule has 1 N–H and O–H groups in total. The van der Waals surface area contributed by atoms with E-state index in [1.807, 2.05) is 18.2 Å². The van der Waals surface area contributed by atoms with Crippen LogP contribution >= 0.6 is 0 Å². The molecule has 4 nitrogen and oxygen atoms in total. The molecule has 0 unspecified atom stereocenters. The standard InChI is InChI=1S/C15H17NO3/c1-2-3-9-12-14(15(18)16-12)13(17)10-19-11-7-5-4-6-8-11/h2,4-8,12,14H,1,3,9-10H2,(H,16,18)/t12-,14-/m1/s1. The fraction of sp³-hybridized carbons (Fsp3) is 0.333. The van der Waals surface area contributed by atoms with Gasteiger partial charge in [-0.05, 0) is 25.0 Å². The van der Waals surface area contributed by atoms with Gasteiger partial charge in [-0.2, -0.15) is 0 Å². The molecule has 0 bridgehead atoms. The number of ketones is 1. The van der Waals surface area contributed by atoms with Gasteiger partial charge in [0.2, 0.25) is 5.91 Å². The number of hydrogen-bond donors (Lipinski definition) is 1. The number of carbonyl (C=O) groups excluding carboxylic acids is 2. The zero-order valence-electron chi connectivity index (χ0n) is 10.7. The Bertz CT molecular complexity index is 470. The van der Waals surface area contributed by atoms with Gasteiger partial charge in [0.1, 0.15) is 18.3 Å². The van der Waals surface area contributed by atoms with E-state index in [2.05, 4.69) is 11.9 Å². The van der Waals surface area contributed by atoms with Crippen LogP contribution in [0.3, 0.4) is 0 Å². The van der Waals surface area contributed by atoms with E-state index < -0.39 is 5.92 Å². The van der Waals surface area contributed by atoms with Gasteiger partial charge in [-0.25, -0.2) is 0 Å². The summed E-state index contributed by atoms with van der Waals surface area (Å²) in [6.45, 7) is 3.57. The molecule has 100 valence electrons. The molecule has 0 aromatic heterocycles. The number of Topliss-reactive ketones (excluding diaryl/α,β-unsaturated/α-hetero) is 1. The van der Waals surface area contributed by atoms with Crippen LogP contribution in [0.15, 0.2) is 43.0 Å². The van der Waals surface area contributed by atoms with Crippen LogP contribution in [0.1, 0.15) is 12.8 Å². The lowest BCUT2D eigenvalue weighted by molar-refractivity contribution is -0.144. The third kappa shape index (κ3) is 3.22. The Morgan fingerprint density at radius 2 is 2.11 bits per heavy atom. The summed E-state index contributed by atoms with van der Waals surface area (Å²) < 4.78 is 5.38. The number of β-lactam (4-membered cyclic amide) rings is 1. The van der Waals surface area contributed by atoms with Crippen molar-refractivity contribution in [3.05, 3.63) is 43.0 Å². The lowest BCUT2D eigenvalue weighted by Gasteiger charge is -2.35. The van der Waals surface area contributed by atoms with Crippen LogP contribution in [0.2, 0.25) is 0 Å². The Morgan fingerprint density at radius 1 is 1.37 bits per heavy atom. The summed E-state index contributed by atoms with van der Waals surface area (Å²) in [4.78, 5) is 23.4. The van der Waals surface area contributed by atoms with Crippen molar-refractivity contribution in [1.29, 1.82) is 0 Å². The maximum Gasteiger partial charge on any atom is 0.233 e. The van der Waals surface area contributed by atoms with Crippen molar-refractivity contribution in [3.8, 4) is 5.75 Å². The highest BCUT2D eigenvalue weighted by Gasteiger charge is 2.43. The van der Waals surface area contributed by atoms with Gasteiger partial charge in [-0.3, -0.25) is 9.59 Å². The Kier molecular flexibility index (Phi) is 4.34. The predicted molar refractivity (Wildman–Crippen MR) is 71.8 cm³/mol. The van der Waals surface area contributed by atoms with Crippen molar-refractivity contribution in [2.24, 2.45) is 5.92 Å². The molecule has 1 fully saturated rings. The maximum atomic E-state index is 12.0.